The van der Waals surface area contributed by atoms with E-state index in [0.717, 1.165) is 0 Å². The molecule has 0 aromatic heterocycles. The van der Waals surface area contributed by atoms with Crippen molar-refractivity contribution in [2.75, 3.05) is 0 Å². The molecule has 102 valence electrons. The van der Waals surface area contributed by atoms with Gasteiger partial charge in [0.25, 0.3) is 0 Å². The van der Waals surface area contributed by atoms with E-state index in [4.69, 9.17) is 16.2 Å². The van der Waals surface area contributed by atoms with Crippen LogP contribution in [0.15, 0.2) is 42.5 Å². The van der Waals surface area contributed by atoms with E-state index in [9.17, 15) is 13.2 Å². The molecule has 0 spiro atoms. The van der Waals surface area contributed by atoms with Gasteiger partial charge in [-0.2, -0.15) is 13.2 Å². The molecule has 3 nitrogen and oxygen atoms in total. The third-order valence-corrected chi connectivity index (χ3v) is 3.74. The Bertz CT molecular complexity index is 541. The topological polar surface area (TPSA) is 64.6 Å². The van der Waals surface area contributed by atoms with Crippen LogP contribution in [-0.2, 0) is 10.3 Å². The Morgan fingerprint density at radius 1 is 1.05 bits per heavy atom. The fraction of sp³-hybridized carbons (Fsp3) is 0.385. The molecule has 0 saturated carbocycles. The maximum Gasteiger partial charge on any atom is 0.421 e. The smallest absolute Gasteiger partial charge is 0.343 e. The van der Waals surface area contributed by atoms with Crippen molar-refractivity contribution in [2.45, 2.75) is 29.5 Å². The zero-order valence-electron chi connectivity index (χ0n) is 9.95. The summed E-state index contributed by atoms with van der Waals surface area (Å²) < 4.78 is 45.3. The second-order valence-corrected chi connectivity index (χ2v) is 5.15. The van der Waals surface area contributed by atoms with Crippen molar-refractivity contribution < 1.29 is 17.9 Å². The van der Waals surface area contributed by atoms with Gasteiger partial charge in [-0.15, -0.1) is 0 Å². The number of fused-ring (bicyclic) bond motifs is 1. The molecule has 1 aliphatic carbocycles. The lowest BCUT2D eigenvalue weighted by molar-refractivity contribution is -0.189. The summed E-state index contributed by atoms with van der Waals surface area (Å²) in [4.78, 5) is 0. The van der Waals surface area contributed by atoms with Crippen molar-refractivity contribution in [3.8, 4) is 0 Å². The first kappa shape index (κ1) is 12.7. The third-order valence-electron chi connectivity index (χ3n) is 3.74. The molecular weight excluding hydrogens is 257 g/mol. The second-order valence-electron chi connectivity index (χ2n) is 5.15. The first-order valence-corrected chi connectivity index (χ1v) is 5.83. The molecule has 1 heterocycles. The summed E-state index contributed by atoms with van der Waals surface area (Å²) in [6.45, 7) is 0. The van der Waals surface area contributed by atoms with E-state index in [0.29, 0.717) is 5.56 Å². The Kier molecular flexibility index (Phi) is 2.26. The van der Waals surface area contributed by atoms with Gasteiger partial charge in [-0.3, -0.25) is 0 Å². The number of alkyl halides is 3. The third kappa shape index (κ3) is 1.57. The Morgan fingerprint density at radius 2 is 1.68 bits per heavy atom. The SMILES string of the molecule is NC1(N)C=CC2(c3ccccc3)OC2(C(F)(F)F)C1. The predicted octanol–water partition coefficient (Wildman–Crippen LogP) is 1.79. The molecule has 0 bridgehead atoms. The normalized spacial score (nSPS) is 35.8. The van der Waals surface area contributed by atoms with Gasteiger partial charge in [-0.05, 0) is 11.6 Å². The number of nitrogens with two attached hydrogens (primary N) is 2. The first-order chi connectivity index (χ1) is 8.73. The van der Waals surface area contributed by atoms with Crippen LogP contribution in [0.3, 0.4) is 0 Å². The highest BCUT2D eigenvalue weighted by Gasteiger charge is 2.84. The maximum absolute atomic E-state index is 13.4. The number of benzene rings is 1. The lowest BCUT2D eigenvalue weighted by Gasteiger charge is -2.32. The predicted molar refractivity (Wildman–Crippen MR) is 62.9 cm³/mol. The molecule has 0 amide bonds. The number of hydrogen-bond acceptors (Lipinski definition) is 3. The van der Waals surface area contributed by atoms with Gasteiger partial charge >= 0.3 is 6.18 Å². The number of epoxide rings is 1. The van der Waals surface area contributed by atoms with Crippen LogP contribution in [-0.4, -0.2) is 17.4 Å². The quantitative estimate of drug-likeness (QED) is 0.464. The van der Waals surface area contributed by atoms with E-state index < -0.39 is 29.5 Å². The molecule has 4 N–H and O–H groups in total. The Labute approximate surface area is 108 Å². The number of halogens is 3. The van der Waals surface area contributed by atoms with Gasteiger partial charge in [-0.25, -0.2) is 0 Å². The number of ether oxygens (including phenoxy) is 1. The van der Waals surface area contributed by atoms with Gasteiger partial charge in [0.1, 0.15) is 0 Å². The fourth-order valence-corrected chi connectivity index (χ4v) is 2.79. The standard InChI is InChI=1S/C13H13F3N2O/c14-13(15,16)12-8-10(17,18)6-7-11(12,19-12)9-4-2-1-3-5-9/h1-7H,8,17-18H2. The highest BCUT2D eigenvalue weighted by molar-refractivity contribution is 5.45. The van der Waals surface area contributed by atoms with Gasteiger partial charge in [-0.1, -0.05) is 36.4 Å². The Hall–Kier alpha value is -1.37. The van der Waals surface area contributed by atoms with Crippen molar-refractivity contribution >= 4 is 0 Å². The van der Waals surface area contributed by atoms with E-state index in [1.165, 1.54) is 12.2 Å². The molecule has 2 aliphatic rings. The number of rotatable bonds is 1. The highest BCUT2D eigenvalue weighted by Crippen LogP contribution is 2.68. The molecule has 0 radical (unpaired) electrons. The van der Waals surface area contributed by atoms with Gasteiger partial charge in [0.15, 0.2) is 5.60 Å². The molecule has 6 heteroatoms. The van der Waals surface area contributed by atoms with Crippen molar-refractivity contribution in [3.05, 3.63) is 48.0 Å². The van der Waals surface area contributed by atoms with Crippen molar-refractivity contribution in [1.29, 1.82) is 0 Å². The van der Waals surface area contributed by atoms with Gasteiger partial charge in [0.05, 0.1) is 5.66 Å². The summed E-state index contributed by atoms with van der Waals surface area (Å²) in [6.07, 6.45) is -2.30. The summed E-state index contributed by atoms with van der Waals surface area (Å²) in [6, 6.07) is 8.30. The van der Waals surface area contributed by atoms with Crippen LogP contribution in [0.25, 0.3) is 0 Å². The monoisotopic (exact) mass is 270 g/mol. The highest BCUT2D eigenvalue weighted by atomic mass is 19.4. The van der Waals surface area contributed by atoms with Crippen LogP contribution < -0.4 is 11.5 Å². The van der Waals surface area contributed by atoms with Crippen LogP contribution >= 0.6 is 0 Å². The van der Waals surface area contributed by atoms with E-state index in [1.54, 1.807) is 30.3 Å². The van der Waals surface area contributed by atoms with Crippen LogP contribution in [0.1, 0.15) is 12.0 Å². The molecule has 1 saturated heterocycles. The van der Waals surface area contributed by atoms with E-state index in [1.807, 2.05) is 0 Å². The fourth-order valence-electron chi connectivity index (χ4n) is 2.79. The first-order valence-electron chi connectivity index (χ1n) is 5.83. The summed E-state index contributed by atoms with van der Waals surface area (Å²) in [5, 5.41) is 0. The van der Waals surface area contributed by atoms with Crippen LogP contribution in [0.2, 0.25) is 0 Å². The molecule has 2 atom stereocenters. The van der Waals surface area contributed by atoms with Crippen LogP contribution in [0.5, 0.6) is 0 Å². The van der Waals surface area contributed by atoms with Crippen molar-refractivity contribution in [1.82, 2.24) is 0 Å². The lowest BCUT2D eigenvalue weighted by Crippen LogP contribution is -2.57. The van der Waals surface area contributed by atoms with Gasteiger partial charge in [0, 0.05) is 6.42 Å². The molecule has 3 rings (SSSR count). The summed E-state index contributed by atoms with van der Waals surface area (Å²) in [5.74, 6) is 0. The Balaban J connectivity index is 2.13. The van der Waals surface area contributed by atoms with Gasteiger partial charge in [0.2, 0.25) is 5.60 Å². The molecule has 2 unspecified atom stereocenters. The van der Waals surface area contributed by atoms with E-state index in [2.05, 4.69) is 0 Å². The molecular formula is C13H13F3N2O. The Morgan fingerprint density at radius 3 is 2.26 bits per heavy atom. The molecule has 1 aliphatic heterocycles. The minimum atomic E-state index is -4.53. The van der Waals surface area contributed by atoms with Crippen molar-refractivity contribution in [3.63, 3.8) is 0 Å². The lowest BCUT2D eigenvalue weighted by atomic mass is 9.75. The largest absolute Gasteiger partial charge is 0.421 e. The zero-order chi connectivity index (χ0) is 13.9. The van der Waals surface area contributed by atoms with Crippen LogP contribution in [0, 0.1) is 0 Å². The van der Waals surface area contributed by atoms with Crippen LogP contribution in [0.4, 0.5) is 13.2 Å². The number of hydrogen-bond donors (Lipinski definition) is 2. The summed E-state index contributed by atoms with van der Waals surface area (Å²) in [7, 11) is 0. The summed E-state index contributed by atoms with van der Waals surface area (Å²) in [5.41, 5.74) is 6.39. The summed E-state index contributed by atoms with van der Waals surface area (Å²) >= 11 is 0. The minimum absolute atomic E-state index is 0.457. The van der Waals surface area contributed by atoms with E-state index >= 15 is 0 Å². The average Bonchev–Trinajstić information content (AvgIpc) is 2.99. The average molecular weight is 270 g/mol. The second kappa shape index (κ2) is 3.39. The zero-order valence-corrected chi connectivity index (χ0v) is 9.95. The minimum Gasteiger partial charge on any atom is -0.343 e. The maximum atomic E-state index is 13.4. The van der Waals surface area contributed by atoms with Crippen molar-refractivity contribution in [2.24, 2.45) is 11.5 Å². The molecule has 1 aromatic carbocycles. The van der Waals surface area contributed by atoms with E-state index in [-0.39, 0.29) is 0 Å². The molecule has 1 fully saturated rings. The van der Waals surface area contributed by atoms with Gasteiger partial charge < -0.3 is 16.2 Å². The molecule has 1 aromatic rings. The molecule has 19 heavy (non-hydrogen) atoms.